The lowest BCUT2D eigenvalue weighted by molar-refractivity contribution is -0.119. The maximum Gasteiger partial charge on any atom is 0.339 e. The Labute approximate surface area is 169 Å². The molecule has 0 saturated carbocycles. The number of halogens is 2. The van der Waals surface area contributed by atoms with Crippen LogP contribution in [0.15, 0.2) is 77.3 Å². The van der Waals surface area contributed by atoms with Crippen LogP contribution in [0.2, 0.25) is 0 Å². The van der Waals surface area contributed by atoms with E-state index in [1.165, 1.54) is 6.07 Å². The largest absolute Gasteiger partial charge is 0.455 e. The molecule has 0 fully saturated rings. The summed E-state index contributed by atoms with van der Waals surface area (Å²) < 4.78 is 24.1. The number of hydrogen-bond acceptors (Lipinski definition) is 4. The van der Waals surface area contributed by atoms with Crippen molar-refractivity contribution in [2.24, 2.45) is 0 Å². The second kappa shape index (κ2) is 9.14. The summed E-state index contributed by atoms with van der Waals surface area (Å²) in [4.78, 5) is 24.2. The molecule has 0 heterocycles. The first-order valence-corrected chi connectivity index (χ1v) is 9.06. The molecule has 142 valence electrons. The number of rotatable bonds is 6. The van der Waals surface area contributed by atoms with Gasteiger partial charge in [0.05, 0.1) is 11.3 Å². The number of hydrogen-bond donors (Lipinski definition) is 1. The van der Waals surface area contributed by atoms with Gasteiger partial charge in [0.25, 0.3) is 5.91 Å². The lowest BCUT2D eigenvalue weighted by Gasteiger charge is -2.12. The van der Waals surface area contributed by atoms with Gasteiger partial charge in [-0.3, -0.25) is 4.79 Å². The zero-order valence-electron chi connectivity index (χ0n) is 14.5. The van der Waals surface area contributed by atoms with Gasteiger partial charge in [0, 0.05) is 4.47 Å². The smallest absolute Gasteiger partial charge is 0.339 e. The standard InChI is InChI=1S/C21H15BrFNO4/c22-17-12-14(23)10-11-16(17)21(26)27-13-20(25)24-18-8-4-5-9-19(18)28-15-6-2-1-3-7-15/h1-12H,13H2,(H,24,25). The highest BCUT2D eigenvalue weighted by Gasteiger charge is 2.15. The molecule has 5 nitrogen and oxygen atoms in total. The Hall–Kier alpha value is -3.19. The van der Waals surface area contributed by atoms with Crippen molar-refractivity contribution in [2.45, 2.75) is 0 Å². The highest BCUT2D eigenvalue weighted by molar-refractivity contribution is 9.10. The molecule has 0 unspecified atom stereocenters. The highest BCUT2D eigenvalue weighted by atomic mass is 79.9. The monoisotopic (exact) mass is 443 g/mol. The molecule has 1 amide bonds. The molecule has 0 aliphatic carbocycles. The summed E-state index contributed by atoms with van der Waals surface area (Å²) in [5, 5.41) is 2.65. The second-order valence-electron chi connectivity index (χ2n) is 5.66. The zero-order valence-corrected chi connectivity index (χ0v) is 16.1. The minimum atomic E-state index is -0.740. The fraction of sp³-hybridized carbons (Fsp3) is 0.0476. The van der Waals surface area contributed by atoms with Crippen LogP contribution in [-0.4, -0.2) is 18.5 Å². The molecule has 3 rings (SSSR count). The first-order chi connectivity index (χ1) is 13.5. The van der Waals surface area contributed by atoms with Crippen molar-refractivity contribution in [3.05, 3.63) is 88.6 Å². The fourth-order valence-corrected chi connectivity index (χ4v) is 2.84. The van der Waals surface area contributed by atoms with Gasteiger partial charge in [-0.15, -0.1) is 0 Å². The third-order valence-corrected chi connectivity index (χ3v) is 4.27. The fourth-order valence-electron chi connectivity index (χ4n) is 2.32. The number of para-hydroxylation sites is 3. The molecule has 3 aromatic rings. The van der Waals surface area contributed by atoms with E-state index in [0.717, 1.165) is 12.1 Å². The van der Waals surface area contributed by atoms with Crippen molar-refractivity contribution < 1.29 is 23.5 Å². The second-order valence-corrected chi connectivity index (χ2v) is 6.51. The van der Waals surface area contributed by atoms with E-state index in [9.17, 15) is 14.0 Å². The minimum Gasteiger partial charge on any atom is -0.455 e. The molecule has 7 heteroatoms. The van der Waals surface area contributed by atoms with Crippen LogP contribution in [0.3, 0.4) is 0 Å². The van der Waals surface area contributed by atoms with E-state index >= 15 is 0 Å². The third-order valence-electron chi connectivity index (χ3n) is 3.62. The summed E-state index contributed by atoms with van der Waals surface area (Å²) in [5.74, 6) is -0.686. The summed E-state index contributed by atoms with van der Waals surface area (Å²) in [6, 6.07) is 19.6. The van der Waals surface area contributed by atoms with E-state index in [-0.39, 0.29) is 10.0 Å². The van der Waals surface area contributed by atoms with Gasteiger partial charge >= 0.3 is 5.97 Å². The van der Waals surface area contributed by atoms with E-state index in [1.54, 1.807) is 36.4 Å². The minimum absolute atomic E-state index is 0.127. The zero-order chi connectivity index (χ0) is 19.9. The van der Waals surface area contributed by atoms with Crippen LogP contribution >= 0.6 is 15.9 Å². The van der Waals surface area contributed by atoms with Gasteiger partial charge in [-0.2, -0.15) is 0 Å². The number of carbonyl (C=O) groups excluding carboxylic acids is 2. The summed E-state index contributed by atoms with van der Waals surface area (Å²) >= 11 is 3.09. The number of amides is 1. The Morgan fingerprint density at radius 3 is 2.43 bits per heavy atom. The normalized spacial score (nSPS) is 10.2. The van der Waals surface area contributed by atoms with E-state index in [0.29, 0.717) is 17.2 Å². The summed E-state index contributed by atoms with van der Waals surface area (Å²) in [6.07, 6.45) is 0. The molecule has 0 spiro atoms. The molecule has 28 heavy (non-hydrogen) atoms. The number of nitrogens with one attached hydrogen (secondary N) is 1. The maximum atomic E-state index is 13.1. The first kappa shape index (κ1) is 19.6. The lowest BCUT2D eigenvalue weighted by atomic mass is 10.2. The molecule has 0 radical (unpaired) electrons. The van der Waals surface area contributed by atoms with Gasteiger partial charge < -0.3 is 14.8 Å². The quantitative estimate of drug-likeness (QED) is 0.533. The van der Waals surface area contributed by atoms with Gasteiger partial charge in [-0.1, -0.05) is 30.3 Å². The predicted molar refractivity (Wildman–Crippen MR) is 106 cm³/mol. The Morgan fingerprint density at radius 1 is 0.964 bits per heavy atom. The average Bonchev–Trinajstić information content (AvgIpc) is 2.68. The van der Waals surface area contributed by atoms with Gasteiger partial charge in [-0.25, -0.2) is 9.18 Å². The van der Waals surface area contributed by atoms with Gasteiger partial charge in [0.1, 0.15) is 11.6 Å². The Morgan fingerprint density at radius 2 is 1.68 bits per heavy atom. The maximum absolute atomic E-state index is 13.1. The van der Waals surface area contributed by atoms with Crippen LogP contribution in [0.25, 0.3) is 0 Å². The Balaban J connectivity index is 1.61. The molecule has 0 saturated heterocycles. The molecule has 0 atom stereocenters. The van der Waals surface area contributed by atoms with Crippen molar-refractivity contribution in [1.29, 1.82) is 0 Å². The van der Waals surface area contributed by atoms with E-state index < -0.39 is 24.3 Å². The van der Waals surface area contributed by atoms with Crippen molar-refractivity contribution in [3.63, 3.8) is 0 Å². The summed E-state index contributed by atoms with van der Waals surface area (Å²) in [6.45, 7) is -0.498. The number of benzene rings is 3. The Bertz CT molecular complexity index is 995. The van der Waals surface area contributed by atoms with Crippen molar-refractivity contribution in [1.82, 2.24) is 0 Å². The Kier molecular flexibility index (Phi) is 6.39. The summed E-state index contributed by atoms with van der Waals surface area (Å²) in [5.41, 5.74) is 0.567. The number of carbonyl (C=O) groups is 2. The molecule has 0 aliphatic heterocycles. The molecule has 0 aliphatic rings. The van der Waals surface area contributed by atoms with Crippen LogP contribution in [0.5, 0.6) is 11.5 Å². The number of ether oxygens (including phenoxy) is 2. The number of anilines is 1. The lowest BCUT2D eigenvalue weighted by Crippen LogP contribution is -2.21. The molecule has 3 aromatic carbocycles. The summed E-state index contributed by atoms with van der Waals surface area (Å²) in [7, 11) is 0. The van der Waals surface area contributed by atoms with Crippen LogP contribution in [0.4, 0.5) is 10.1 Å². The van der Waals surface area contributed by atoms with Crippen molar-refractivity contribution >= 4 is 33.5 Å². The van der Waals surface area contributed by atoms with E-state index in [2.05, 4.69) is 21.2 Å². The van der Waals surface area contributed by atoms with Crippen LogP contribution in [0.1, 0.15) is 10.4 Å². The number of esters is 1. The van der Waals surface area contributed by atoms with Gasteiger partial charge in [0.2, 0.25) is 0 Å². The highest BCUT2D eigenvalue weighted by Crippen LogP contribution is 2.29. The van der Waals surface area contributed by atoms with Crippen LogP contribution < -0.4 is 10.1 Å². The van der Waals surface area contributed by atoms with E-state index in [1.807, 2.05) is 18.2 Å². The topological polar surface area (TPSA) is 64.6 Å². The van der Waals surface area contributed by atoms with Gasteiger partial charge in [0.15, 0.2) is 12.4 Å². The molecular formula is C21H15BrFNO4. The third kappa shape index (κ3) is 5.17. The molecule has 0 bridgehead atoms. The first-order valence-electron chi connectivity index (χ1n) is 8.27. The molecule has 1 N–H and O–H groups in total. The molecule has 0 aromatic heterocycles. The van der Waals surface area contributed by atoms with Gasteiger partial charge in [-0.05, 0) is 58.4 Å². The predicted octanol–water partition coefficient (Wildman–Crippen LogP) is 5.18. The van der Waals surface area contributed by atoms with Crippen molar-refractivity contribution in [3.8, 4) is 11.5 Å². The average molecular weight is 444 g/mol. The SMILES string of the molecule is O=C(COC(=O)c1ccc(F)cc1Br)Nc1ccccc1Oc1ccccc1. The van der Waals surface area contributed by atoms with E-state index in [4.69, 9.17) is 9.47 Å². The van der Waals surface area contributed by atoms with Crippen LogP contribution in [0, 0.1) is 5.82 Å². The molecular weight excluding hydrogens is 429 g/mol. The van der Waals surface area contributed by atoms with Crippen molar-refractivity contribution in [2.75, 3.05) is 11.9 Å². The van der Waals surface area contributed by atoms with Crippen LogP contribution in [-0.2, 0) is 9.53 Å².